The van der Waals surface area contributed by atoms with Gasteiger partial charge in [-0.15, -0.1) is 0 Å². The molecule has 0 radical (unpaired) electrons. The predicted octanol–water partition coefficient (Wildman–Crippen LogP) is 0.962. The number of hydrogen-bond acceptors (Lipinski definition) is 5. The highest BCUT2D eigenvalue weighted by Gasteiger charge is 2.38. The van der Waals surface area contributed by atoms with Crippen molar-refractivity contribution in [1.29, 1.82) is 0 Å². The van der Waals surface area contributed by atoms with Crippen molar-refractivity contribution in [3.8, 4) is 11.5 Å². The highest BCUT2D eigenvalue weighted by molar-refractivity contribution is 5.85. The fourth-order valence-corrected chi connectivity index (χ4v) is 1.64. The van der Waals surface area contributed by atoms with Crippen LogP contribution in [-0.2, 0) is 15.3 Å². The van der Waals surface area contributed by atoms with Crippen molar-refractivity contribution in [2.45, 2.75) is 5.79 Å². The summed E-state index contributed by atoms with van der Waals surface area (Å²) >= 11 is 0. The number of carbonyl (C=O) groups excluding carboxylic acids is 1. The fourth-order valence-electron chi connectivity index (χ4n) is 1.64. The van der Waals surface area contributed by atoms with Crippen molar-refractivity contribution in [2.24, 2.45) is 0 Å². The number of ether oxygens (including phenoxy) is 3. The fraction of sp³-hybridized carbons (Fsp3) is 0.250. The van der Waals surface area contributed by atoms with Crippen LogP contribution in [0.5, 0.6) is 11.5 Å². The Bertz CT molecular complexity index is 480. The quantitative estimate of drug-likeness (QED) is 0.792. The third kappa shape index (κ3) is 1.97. The van der Waals surface area contributed by atoms with Gasteiger partial charge in [-0.05, 0) is 24.3 Å². The molecule has 1 atom stereocenters. The van der Waals surface area contributed by atoms with E-state index in [1.165, 1.54) is 26.4 Å². The molecule has 1 aliphatic heterocycles. The van der Waals surface area contributed by atoms with Gasteiger partial charge in [0, 0.05) is 6.08 Å². The molecule has 1 aliphatic rings. The molecule has 1 heterocycles. The van der Waals surface area contributed by atoms with Crippen LogP contribution >= 0.6 is 0 Å². The molecular formula is C12H12O5. The van der Waals surface area contributed by atoms with Gasteiger partial charge in [-0.2, -0.15) is 0 Å². The van der Waals surface area contributed by atoms with Crippen LogP contribution < -0.4 is 9.47 Å². The van der Waals surface area contributed by atoms with E-state index in [-0.39, 0.29) is 0 Å². The van der Waals surface area contributed by atoms with Crippen molar-refractivity contribution in [2.75, 3.05) is 14.2 Å². The molecule has 5 nitrogen and oxygen atoms in total. The number of aliphatic hydroxyl groups is 1. The molecule has 0 amide bonds. The summed E-state index contributed by atoms with van der Waals surface area (Å²) in [6.07, 6.45) is 2.44. The van der Waals surface area contributed by atoms with Crippen LogP contribution in [0.4, 0.5) is 0 Å². The van der Waals surface area contributed by atoms with Gasteiger partial charge in [0.1, 0.15) is 11.5 Å². The van der Waals surface area contributed by atoms with Gasteiger partial charge >= 0.3 is 5.97 Å². The van der Waals surface area contributed by atoms with Gasteiger partial charge in [0.25, 0.3) is 5.79 Å². The van der Waals surface area contributed by atoms with Gasteiger partial charge in [0.05, 0.1) is 19.8 Å². The van der Waals surface area contributed by atoms with Crippen LogP contribution in [0.25, 0.3) is 0 Å². The molecule has 2 rings (SSSR count). The van der Waals surface area contributed by atoms with Crippen LogP contribution in [0.1, 0.15) is 5.56 Å². The first-order valence-electron chi connectivity index (χ1n) is 4.96. The zero-order valence-electron chi connectivity index (χ0n) is 9.47. The van der Waals surface area contributed by atoms with Crippen LogP contribution in [0, 0.1) is 0 Å². The largest absolute Gasteiger partial charge is 0.497 e. The molecule has 1 unspecified atom stereocenters. The Balaban J connectivity index is 2.49. The summed E-state index contributed by atoms with van der Waals surface area (Å²) in [7, 11) is 2.97. The van der Waals surface area contributed by atoms with Crippen molar-refractivity contribution in [1.82, 2.24) is 0 Å². The highest BCUT2D eigenvalue weighted by atomic mass is 16.7. The normalized spacial score (nSPS) is 22.4. The Kier molecular flexibility index (Phi) is 2.77. The molecular weight excluding hydrogens is 224 g/mol. The second-order valence-corrected chi connectivity index (χ2v) is 3.52. The van der Waals surface area contributed by atoms with E-state index in [4.69, 9.17) is 14.2 Å². The summed E-state index contributed by atoms with van der Waals surface area (Å²) in [5, 5.41) is 10.2. The Morgan fingerprint density at radius 2 is 2.06 bits per heavy atom. The lowest BCUT2D eigenvalue weighted by molar-refractivity contribution is -0.182. The average molecular weight is 236 g/mol. The van der Waals surface area contributed by atoms with Gasteiger partial charge in [0.2, 0.25) is 0 Å². The van der Waals surface area contributed by atoms with E-state index in [1.807, 2.05) is 0 Å². The molecule has 1 aromatic carbocycles. The van der Waals surface area contributed by atoms with E-state index in [0.717, 1.165) is 0 Å². The minimum atomic E-state index is -1.79. The van der Waals surface area contributed by atoms with Crippen LogP contribution in [0.15, 0.2) is 30.4 Å². The standard InChI is InChI=1S/C12H12O5/c1-15-8-3-4-10(16-2)9(7-8)12(14)6-5-11(13)17-12/h3-7,14H,1-2H3. The first-order chi connectivity index (χ1) is 8.09. The number of hydrogen-bond donors (Lipinski definition) is 1. The molecule has 0 aliphatic carbocycles. The second kappa shape index (κ2) is 4.10. The van der Waals surface area contributed by atoms with Gasteiger partial charge in [-0.3, -0.25) is 0 Å². The van der Waals surface area contributed by atoms with Crippen LogP contribution in [-0.4, -0.2) is 25.3 Å². The zero-order valence-corrected chi connectivity index (χ0v) is 9.47. The minimum absolute atomic E-state index is 0.321. The summed E-state index contributed by atoms with van der Waals surface area (Å²) in [5.74, 6) is -1.45. The Morgan fingerprint density at radius 3 is 2.59 bits per heavy atom. The van der Waals surface area contributed by atoms with E-state index in [0.29, 0.717) is 17.1 Å². The SMILES string of the molecule is COc1ccc(OC)c(C2(O)C=CC(=O)O2)c1. The highest BCUT2D eigenvalue weighted by Crippen LogP contribution is 2.37. The Labute approximate surface area is 98.2 Å². The van der Waals surface area contributed by atoms with E-state index in [9.17, 15) is 9.90 Å². The first-order valence-corrected chi connectivity index (χ1v) is 4.96. The van der Waals surface area contributed by atoms with E-state index in [1.54, 1.807) is 18.2 Å². The molecule has 0 bridgehead atoms. The zero-order chi connectivity index (χ0) is 12.5. The number of carbonyl (C=O) groups is 1. The monoisotopic (exact) mass is 236 g/mol. The average Bonchev–Trinajstić information content (AvgIpc) is 2.69. The summed E-state index contributed by atoms with van der Waals surface area (Å²) in [6.45, 7) is 0. The number of cyclic esters (lactones) is 1. The lowest BCUT2D eigenvalue weighted by atomic mass is 10.0. The molecule has 0 spiro atoms. The number of esters is 1. The lowest BCUT2D eigenvalue weighted by Crippen LogP contribution is -2.25. The second-order valence-electron chi connectivity index (χ2n) is 3.52. The van der Waals surface area contributed by atoms with E-state index < -0.39 is 11.8 Å². The topological polar surface area (TPSA) is 65.0 Å². The van der Waals surface area contributed by atoms with Crippen LogP contribution in [0.3, 0.4) is 0 Å². The van der Waals surface area contributed by atoms with Crippen LogP contribution in [0.2, 0.25) is 0 Å². The first kappa shape index (κ1) is 11.5. The maximum absolute atomic E-state index is 11.0. The van der Waals surface area contributed by atoms with Crippen molar-refractivity contribution >= 4 is 5.97 Å². The van der Waals surface area contributed by atoms with Gasteiger partial charge in [-0.25, -0.2) is 4.79 Å². The molecule has 0 aromatic heterocycles. The number of benzene rings is 1. The third-order valence-corrected chi connectivity index (χ3v) is 2.49. The van der Waals surface area contributed by atoms with Crippen molar-refractivity contribution in [3.05, 3.63) is 35.9 Å². The molecule has 0 fully saturated rings. The van der Waals surface area contributed by atoms with Crippen molar-refractivity contribution < 1.29 is 24.1 Å². The number of rotatable bonds is 3. The summed E-state index contributed by atoms with van der Waals surface area (Å²) in [6, 6.07) is 4.88. The maximum atomic E-state index is 11.0. The van der Waals surface area contributed by atoms with E-state index in [2.05, 4.69) is 0 Å². The summed E-state index contributed by atoms with van der Waals surface area (Å²) in [5.41, 5.74) is 0.321. The van der Waals surface area contributed by atoms with Gasteiger partial charge < -0.3 is 19.3 Å². The Hall–Kier alpha value is -2.01. The molecule has 90 valence electrons. The minimum Gasteiger partial charge on any atom is -0.497 e. The lowest BCUT2D eigenvalue weighted by Gasteiger charge is -2.22. The molecule has 0 saturated carbocycles. The van der Waals surface area contributed by atoms with Crippen molar-refractivity contribution in [3.63, 3.8) is 0 Å². The third-order valence-electron chi connectivity index (χ3n) is 2.49. The molecule has 5 heteroatoms. The molecule has 1 aromatic rings. The molecule has 1 N–H and O–H groups in total. The number of methoxy groups -OCH3 is 2. The van der Waals surface area contributed by atoms with Gasteiger partial charge in [-0.1, -0.05) is 0 Å². The summed E-state index contributed by atoms with van der Waals surface area (Å²) < 4.78 is 15.0. The smallest absolute Gasteiger partial charge is 0.333 e. The van der Waals surface area contributed by atoms with Gasteiger partial charge in [0.15, 0.2) is 0 Å². The Morgan fingerprint density at radius 1 is 1.29 bits per heavy atom. The maximum Gasteiger partial charge on any atom is 0.333 e. The molecule has 17 heavy (non-hydrogen) atoms. The molecule has 0 saturated heterocycles. The predicted molar refractivity (Wildman–Crippen MR) is 58.7 cm³/mol. The van der Waals surface area contributed by atoms with E-state index >= 15 is 0 Å². The summed E-state index contributed by atoms with van der Waals surface area (Å²) in [4.78, 5) is 11.0.